The number of nitrogens with one attached hydrogen (secondary N) is 1. The van der Waals surface area contributed by atoms with Crippen molar-refractivity contribution in [2.24, 2.45) is 5.92 Å². The van der Waals surface area contributed by atoms with Crippen LogP contribution in [0.5, 0.6) is 0 Å². The molecule has 0 saturated heterocycles. The number of hydrogen-bond donors (Lipinski definition) is 1. The minimum absolute atomic E-state index is 0.611. The molecule has 3 nitrogen and oxygen atoms in total. The monoisotopic (exact) mass is 261 g/mol. The minimum atomic E-state index is 0.611. The second-order valence-corrected chi connectivity index (χ2v) is 5.91. The molecule has 1 saturated carbocycles. The highest BCUT2D eigenvalue weighted by Gasteiger charge is 2.18. The van der Waals surface area contributed by atoms with Gasteiger partial charge in [0.15, 0.2) is 0 Å². The second-order valence-electron chi connectivity index (χ2n) is 5.91. The van der Waals surface area contributed by atoms with Crippen LogP contribution in [0.2, 0.25) is 0 Å². The summed E-state index contributed by atoms with van der Waals surface area (Å²) in [6.45, 7) is 2.32. The third-order valence-corrected chi connectivity index (χ3v) is 4.31. The van der Waals surface area contributed by atoms with Crippen LogP contribution in [0.1, 0.15) is 45.4 Å². The predicted octanol–water partition coefficient (Wildman–Crippen LogP) is 3.92. The zero-order chi connectivity index (χ0) is 13.7. The van der Waals surface area contributed by atoms with E-state index in [9.17, 15) is 0 Å². The van der Waals surface area contributed by atoms with Gasteiger partial charge in [-0.1, -0.05) is 26.2 Å². The molecule has 0 aliphatic heterocycles. The van der Waals surface area contributed by atoms with Crippen LogP contribution in [0.15, 0.2) is 18.5 Å². The molecular weight excluding hydrogens is 234 g/mol. The first-order chi connectivity index (χ1) is 9.20. The molecule has 1 N–H and O–H groups in total. The Labute approximate surface area is 117 Å². The maximum Gasteiger partial charge on any atom is 0.0766 e. The van der Waals surface area contributed by atoms with Gasteiger partial charge in [-0.3, -0.25) is 4.98 Å². The Balaban J connectivity index is 2.01. The molecule has 106 valence electrons. The fourth-order valence-electron chi connectivity index (χ4n) is 3.04. The topological polar surface area (TPSA) is 28.2 Å². The standard InChI is InChI=1S/C16H27N3/c1-4-13-6-5-7-14(9-8-13)18-15-12-17-11-10-16(15)19(2)3/h10-14,18H,4-9H2,1-3H3. The molecule has 1 aliphatic rings. The molecule has 19 heavy (non-hydrogen) atoms. The largest absolute Gasteiger partial charge is 0.379 e. The lowest BCUT2D eigenvalue weighted by atomic mass is 9.98. The predicted molar refractivity (Wildman–Crippen MR) is 82.8 cm³/mol. The summed E-state index contributed by atoms with van der Waals surface area (Å²) < 4.78 is 0. The van der Waals surface area contributed by atoms with Gasteiger partial charge in [0.25, 0.3) is 0 Å². The lowest BCUT2D eigenvalue weighted by Gasteiger charge is -2.23. The highest BCUT2D eigenvalue weighted by molar-refractivity contribution is 5.68. The zero-order valence-corrected chi connectivity index (χ0v) is 12.5. The van der Waals surface area contributed by atoms with Gasteiger partial charge in [-0.25, -0.2) is 0 Å². The first-order valence-corrected chi connectivity index (χ1v) is 7.58. The average Bonchev–Trinajstić information content (AvgIpc) is 2.64. The van der Waals surface area contributed by atoms with Crippen LogP contribution >= 0.6 is 0 Å². The molecule has 2 unspecified atom stereocenters. The van der Waals surface area contributed by atoms with Gasteiger partial charge in [-0.2, -0.15) is 0 Å². The van der Waals surface area contributed by atoms with E-state index in [1.165, 1.54) is 49.9 Å². The molecular formula is C16H27N3. The molecule has 0 spiro atoms. The van der Waals surface area contributed by atoms with Gasteiger partial charge in [0.1, 0.15) is 0 Å². The van der Waals surface area contributed by atoms with E-state index in [0.29, 0.717) is 6.04 Å². The summed E-state index contributed by atoms with van der Waals surface area (Å²) in [7, 11) is 4.17. The molecule has 1 aromatic heterocycles. The summed E-state index contributed by atoms with van der Waals surface area (Å²) in [6, 6.07) is 2.69. The number of anilines is 2. The van der Waals surface area contributed by atoms with E-state index in [4.69, 9.17) is 0 Å². The molecule has 1 fully saturated rings. The van der Waals surface area contributed by atoms with Crippen molar-refractivity contribution in [2.75, 3.05) is 24.3 Å². The van der Waals surface area contributed by atoms with Crippen molar-refractivity contribution in [1.82, 2.24) is 4.98 Å². The SMILES string of the molecule is CCC1CCCC(Nc2cnccc2N(C)C)CC1. The van der Waals surface area contributed by atoms with Crippen molar-refractivity contribution in [3.63, 3.8) is 0 Å². The van der Waals surface area contributed by atoms with Crippen LogP contribution in [0.3, 0.4) is 0 Å². The van der Waals surface area contributed by atoms with E-state index in [0.717, 1.165) is 5.92 Å². The van der Waals surface area contributed by atoms with E-state index in [2.05, 4.69) is 42.3 Å². The molecule has 2 atom stereocenters. The maximum atomic E-state index is 4.26. The molecule has 3 heteroatoms. The first-order valence-electron chi connectivity index (χ1n) is 7.58. The van der Waals surface area contributed by atoms with Crippen molar-refractivity contribution in [1.29, 1.82) is 0 Å². The first kappa shape index (κ1) is 14.2. The lowest BCUT2D eigenvalue weighted by Crippen LogP contribution is -2.21. The molecule has 0 amide bonds. The fourth-order valence-corrected chi connectivity index (χ4v) is 3.04. The number of hydrogen-bond acceptors (Lipinski definition) is 3. The van der Waals surface area contributed by atoms with Gasteiger partial charge in [0.05, 0.1) is 17.6 Å². The van der Waals surface area contributed by atoms with E-state index in [-0.39, 0.29) is 0 Å². The van der Waals surface area contributed by atoms with Gasteiger partial charge < -0.3 is 10.2 Å². The maximum absolute atomic E-state index is 4.26. The molecule has 0 aromatic carbocycles. The fraction of sp³-hybridized carbons (Fsp3) is 0.688. The van der Waals surface area contributed by atoms with Gasteiger partial charge in [-0.15, -0.1) is 0 Å². The molecule has 0 radical (unpaired) electrons. The third kappa shape index (κ3) is 3.85. The Morgan fingerprint density at radius 1 is 1.26 bits per heavy atom. The Morgan fingerprint density at radius 3 is 2.84 bits per heavy atom. The minimum Gasteiger partial charge on any atom is -0.379 e. The Hall–Kier alpha value is -1.25. The highest BCUT2D eigenvalue weighted by atomic mass is 15.1. The Morgan fingerprint density at radius 2 is 2.11 bits per heavy atom. The van der Waals surface area contributed by atoms with Gasteiger partial charge in [-0.05, 0) is 31.2 Å². The number of nitrogens with zero attached hydrogens (tertiary/aromatic N) is 2. The second kappa shape index (κ2) is 6.78. The van der Waals surface area contributed by atoms with E-state index >= 15 is 0 Å². The Bertz CT molecular complexity index is 389. The van der Waals surface area contributed by atoms with Crippen molar-refractivity contribution in [3.8, 4) is 0 Å². The normalized spacial score (nSPS) is 23.7. The average molecular weight is 261 g/mol. The molecule has 2 rings (SSSR count). The van der Waals surface area contributed by atoms with Crippen molar-refractivity contribution >= 4 is 11.4 Å². The molecule has 1 aliphatic carbocycles. The van der Waals surface area contributed by atoms with Crippen molar-refractivity contribution in [3.05, 3.63) is 18.5 Å². The van der Waals surface area contributed by atoms with E-state index in [1.54, 1.807) is 0 Å². The summed E-state index contributed by atoms with van der Waals surface area (Å²) in [5, 5.41) is 3.71. The summed E-state index contributed by atoms with van der Waals surface area (Å²) in [5.74, 6) is 0.939. The smallest absolute Gasteiger partial charge is 0.0766 e. The van der Waals surface area contributed by atoms with E-state index < -0.39 is 0 Å². The van der Waals surface area contributed by atoms with Gasteiger partial charge in [0, 0.05) is 26.3 Å². The summed E-state index contributed by atoms with van der Waals surface area (Å²) >= 11 is 0. The summed E-state index contributed by atoms with van der Waals surface area (Å²) in [6.07, 6.45) is 11.9. The van der Waals surface area contributed by atoms with E-state index in [1.807, 2.05) is 12.4 Å². The van der Waals surface area contributed by atoms with Crippen LogP contribution in [-0.2, 0) is 0 Å². The highest BCUT2D eigenvalue weighted by Crippen LogP contribution is 2.29. The quantitative estimate of drug-likeness (QED) is 0.833. The number of pyridine rings is 1. The number of aromatic nitrogens is 1. The zero-order valence-electron chi connectivity index (χ0n) is 12.5. The van der Waals surface area contributed by atoms with Gasteiger partial charge in [0.2, 0.25) is 0 Å². The molecule has 0 bridgehead atoms. The van der Waals surface area contributed by atoms with Crippen LogP contribution < -0.4 is 10.2 Å². The molecule has 1 heterocycles. The van der Waals surface area contributed by atoms with Crippen LogP contribution in [-0.4, -0.2) is 25.1 Å². The third-order valence-electron chi connectivity index (χ3n) is 4.31. The van der Waals surface area contributed by atoms with Crippen molar-refractivity contribution < 1.29 is 0 Å². The summed E-state index contributed by atoms with van der Waals surface area (Å²) in [4.78, 5) is 6.41. The summed E-state index contributed by atoms with van der Waals surface area (Å²) in [5.41, 5.74) is 2.40. The van der Waals surface area contributed by atoms with Crippen LogP contribution in [0, 0.1) is 5.92 Å². The molecule has 1 aromatic rings. The van der Waals surface area contributed by atoms with Crippen LogP contribution in [0.25, 0.3) is 0 Å². The number of rotatable bonds is 4. The van der Waals surface area contributed by atoms with Gasteiger partial charge >= 0.3 is 0 Å². The van der Waals surface area contributed by atoms with Crippen LogP contribution in [0.4, 0.5) is 11.4 Å². The van der Waals surface area contributed by atoms with Crippen molar-refractivity contribution in [2.45, 2.75) is 51.5 Å². The lowest BCUT2D eigenvalue weighted by molar-refractivity contribution is 0.444. The Kier molecular flexibility index (Phi) is 5.06.